The van der Waals surface area contributed by atoms with Crippen LogP contribution in [0.3, 0.4) is 0 Å². The summed E-state index contributed by atoms with van der Waals surface area (Å²) in [5.74, 6) is 1.02. The Bertz CT molecular complexity index is 644. The fourth-order valence-electron chi connectivity index (χ4n) is 2.79. The summed E-state index contributed by atoms with van der Waals surface area (Å²) in [6, 6.07) is 12.5. The molecule has 0 radical (unpaired) electrons. The van der Waals surface area contributed by atoms with Crippen molar-refractivity contribution in [2.24, 2.45) is 0 Å². The zero-order chi connectivity index (χ0) is 13.6. The summed E-state index contributed by atoms with van der Waals surface area (Å²) in [6.07, 6.45) is 0.962. The molecule has 0 aliphatic carbocycles. The Hall–Kier alpha value is -1.96. The molecule has 2 aromatic carbocycles. The smallest absolute Gasteiger partial charge is 0.123 e. The molecule has 1 aliphatic rings. The molecule has 1 aliphatic heterocycles. The van der Waals surface area contributed by atoms with Crippen LogP contribution in [0.2, 0.25) is 0 Å². The van der Waals surface area contributed by atoms with Gasteiger partial charge in [0.05, 0.1) is 0 Å². The minimum atomic E-state index is -0.0862. The van der Waals surface area contributed by atoms with Crippen molar-refractivity contribution in [3.05, 3.63) is 47.5 Å². The lowest BCUT2D eigenvalue weighted by atomic mass is 9.95. The van der Waals surface area contributed by atoms with E-state index < -0.39 is 0 Å². The minimum Gasteiger partial charge on any atom is -0.487 e. The number of hydrogen-bond acceptors (Lipinski definition) is 2. The maximum absolute atomic E-state index is 5.91. The Kier molecular flexibility index (Phi) is 2.56. The molecular formula is C17H19NO. The molecule has 0 atom stereocenters. The van der Waals surface area contributed by atoms with Gasteiger partial charge in [-0.15, -0.1) is 0 Å². The van der Waals surface area contributed by atoms with E-state index in [0.717, 1.165) is 17.9 Å². The Labute approximate surface area is 114 Å². The van der Waals surface area contributed by atoms with Gasteiger partial charge in [-0.05, 0) is 67.3 Å². The van der Waals surface area contributed by atoms with Crippen LogP contribution in [-0.2, 0) is 6.42 Å². The number of fused-ring (bicyclic) bond motifs is 1. The predicted molar refractivity (Wildman–Crippen MR) is 79.4 cm³/mol. The van der Waals surface area contributed by atoms with Crippen molar-refractivity contribution in [3.63, 3.8) is 0 Å². The second-order valence-electron chi connectivity index (χ2n) is 5.94. The van der Waals surface area contributed by atoms with E-state index in [1.54, 1.807) is 0 Å². The lowest BCUT2D eigenvalue weighted by molar-refractivity contribution is 0.138. The molecule has 0 amide bonds. The maximum Gasteiger partial charge on any atom is 0.123 e. The summed E-state index contributed by atoms with van der Waals surface area (Å²) in [4.78, 5) is 0. The summed E-state index contributed by atoms with van der Waals surface area (Å²) in [7, 11) is 0. The van der Waals surface area contributed by atoms with Gasteiger partial charge in [0, 0.05) is 12.1 Å². The first kappa shape index (κ1) is 12.1. The van der Waals surface area contributed by atoms with Gasteiger partial charge in [0.2, 0.25) is 0 Å². The standard InChI is InChI=1S/C17H19NO/c1-11-8-14(18)5-6-15(11)12-4-7-16-13(9-12)10-17(2,3)19-16/h4-9H,10,18H2,1-3H3. The van der Waals surface area contributed by atoms with E-state index in [2.05, 4.69) is 45.0 Å². The average molecular weight is 253 g/mol. The molecule has 98 valence electrons. The second kappa shape index (κ2) is 4.02. The molecule has 2 heteroatoms. The lowest BCUT2D eigenvalue weighted by Crippen LogP contribution is -2.24. The van der Waals surface area contributed by atoms with Crippen molar-refractivity contribution in [2.45, 2.75) is 32.8 Å². The highest BCUT2D eigenvalue weighted by Gasteiger charge is 2.29. The summed E-state index contributed by atoms with van der Waals surface area (Å²) in [6.45, 7) is 6.35. The zero-order valence-electron chi connectivity index (χ0n) is 11.7. The number of anilines is 1. The first-order valence-electron chi connectivity index (χ1n) is 6.63. The first-order chi connectivity index (χ1) is 8.94. The van der Waals surface area contributed by atoms with Crippen molar-refractivity contribution in [1.29, 1.82) is 0 Å². The van der Waals surface area contributed by atoms with Crippen LogP contribution < -0.4 is 10.5 Å². The molecular weight excluding hydrogens is 234 g/mol. The molecule has 19 heavy (non-hydrogen) atoms. The highest BCUT2D eigenvalue weighted by Crippen LogP contribution is 2.38. The topological polar surface area (TPSA) is 35.2 Å². The Morgan fingerprint density at radius 1 is 1.11 bits per heavy atom. The van der Waals surface area contributed by atoms with Gasteiger partial charge in [-0.2, -0.15) is 0 Å². The van der Waals surface area contributed by atoms with Crippen molar-refractivity contribution in [1.82, 2.24) is 0 Å². The van der Waals surface area contributed by atoms with E-state index in [-0.39, 0.29) is 5.60 Å². The minimum absolute atomic E-state index is 0.0862. The van der Waals surface area contributed by atoms with Gasteiger partial charge in [-0.1, -0.05) is 12.1 Å². The van der Waals surface area contributed by atoms with Crippen LogP contribution in [-0.4, -0.2) is 5.60 Å². The van der Waals surface area contributed by atoms with E-state index >= 15 is 0 Å². The number of benzene rings is 2. The van der Waals surface area contributed by atoms with Gasteiger partial charge in [-0.25, -0.2) is 0 Å². The van der Waals surface area contributed by atoms with E-state index in [4.69, 9.17) is 10.5 Å². The average Bonchev–Trinajstić information content (AvgIpc) is 2.61. The number of rotatable bonds is 1. The molecule has 2 aromatic rings. The van der Waals surface area contributed by atoms with Gasteiger partial charge in [0.25, 0.3) is 0 Å². The molecule has 1 heterocycles. The van der Waals surface area contributed by atoms with Gasteiger partial charge in [0.15, 0.2) is 0 Å². The SMILES string of the molecule is Cc1cc(N)ccc1-c1ccc2c(c1)CC(C)(C)O2. The van der Waals surface area contributed by atoms with Gasteiger partial charge < -0.3 is 10.5 Å². The normalized spacial score (nSPS) is 15.9. The van der Waals surface area contributed by atoms with Gasteiger partial charge in [0.1, 0.15) is 11.4 Å². The third-order valence-electron chi connectivity index (χ3n) is 3.62. The van der Waals surface area contributed by atoms with E-state index in [9.17, 15) is 0 Å². The second-order valence-corrected chi connectivity index (χ2v) is 5.94. The van der Waals surface area contributed by atoms with Crippen LogP contribution in [0.5, 0.6) is 5.75 Å². The van der Waals surface area contributed by atoms with Crippen molar-refractivity contribution < 1.29 is 4.74 Å². The molecule has 0 spiro atoms. The molecule has 0 fully saturated rings. The number of nitrogens with two attached hydrogens (primary N) is 1. The van der Waals surface area contributed by atoms with Crippen LogP contribution in [0.25, 0.3) is 11.1 Å². The molecule has 3 rings (SSSR count). The monoisotopic (exact) mass is 253 g/mol. The largest absolute Gasteiger partial charge is 0.487 e. The summed E-state index contributed by atoms with van der Waals surface area (Å²) < 4.78 is 5.91. The van der Waals surface area contributed by atoms with Gasteiger partial charge >= 0.3 is 0 Å². The molecule has 0 unspecified atom stereocenters. The quantitative estimate of drug-likeness (QED) is 0.781. The van der Waals surface area contributed by atoms with E-state index in [1.807, 2.05) is 12.1 Å². The summed E-state index contributed by atoms with van der Waals surface area (Å²) in [5.41, 5.74) is 11.5. The summed E-state index contributed by atoms with van der Waals surface area (Å²) in [5, 5.41) is 0. The van der Waals surface area contributed by atoms with Crippen LogP contribution in [0.4, 0.5) is 5.69 Å². The van der Waals surface area contributed by atoms with Crippen molar-refractivity contribution in [2.75, 3.05) is 5.73 Å². The predicted octanol–water partition coefficient (Wildman–Crippen LogP) is 3.96. The fraction of sp³-hybridized carbons (Fsp3) is 0.294. The van der Waals surface area contributed by atoms with Crippen LogP contribution in [0, 0.1) is 6.92 Å². The Morgan fingerprint density at radius 3 is 2.63 bits per heavy atom. The molecule has 0 bridgehead atoms. The highest BCUT2D eigenvalue weighted by atomic mass is 16.5. The lowest BCUT2D eigenvalue weighted by Gasteiger charge is -2.16. The van der Waals surface area contributed by atoms with Crippen LogP contribution in [0.1, 0.15) is 25.0 Å². The van der Waals surface area contributed by atoms with Crippen molar-refractivity contribution in [3.8, 4) is 16.9 Å². The number of ether oxygens (including phenoxy) is 1. The number of hydrogen-bond donors (Lipinski definition) is 1. The Balaban J connectivity index is 2.04. The van der Waals surface area contributed by atoms with E-state index in [0.29, 0.717) is 0 Å². The van der Waals surface area contributed by atoms with Crippen LogP contribution >= 0.6 is 0 Å². The molecule has 2 N–H and O–H groups in total. The third kappa shape index (κ3) is 2.19. The molecule has 2 nitrogen and oxygen atoms in total. The van der Waals surface area contributed by atoms with Gasteiger partial charge in [-0.3, -0.25) is 0 Å². The fourth-order valence-corrected chi connectivity index (χ4v) is 2.79. The first-order valence-corrected chi connectivity index (χ1v) is 6.63. The molecule has 0 saturated heterocycles. The Morgan fingerprint density at radius 2 is 1.89 bits per heavy atom. The maximum atomic E-state index is 5.91. The molecule has 0 saturated carbocycles. The summed E-state index contributed by atoms with van der Waals surface area (Å²) >= 11 is 0. The van der Waals surface area contributed by atoms with E-state index in [1.165, 1.54) is 22.3 Å². The third-order valence-corrected chi connectivity index (χ3v) is 3.62. The zero-order valence-corrected chi connectivity index (χ0v) is 11.7. The number of aryl methyl sites for hydroxylation is 1. The van der Waals surface area contributed by atoms with Crippen molar-refractivity contribution >= 4 is 5.69 Å². The number of nitrogen functional groups attached to an aromatic ring is 1. The van der Waals surface area contributed by atoms with Crippen LogP contribution in [0.15, 0.2) is 36.4 Å². The molecule has 0 aromatic heterocycles. The highest BCUT2D eigenvalue weighted by molar-refractivity contribution is 5.71.